The number of rotatable bonds is 15. The molecule has 9 rings (SSSR count). The molecule has 18 heteroatoms. The summed E-state index contributed by atoms with van der Waals surface area (Å²) in [6.45, 7) is 13.5. The number of benzene rings is 2. The molecule has 71 heavy (non-hydrogen) atoms. The topological polar surface area (TPSA) is 257 Å². The lowest BCUT2D eigenvalue weighted by Gasteiger charge is -2.62. The Kier molecular flexibility index (Phi) is 13.8. The zero-order valence-corrected chi connectivity index (χ0v) is 41.4. The third-order valence-electron chi connectivity index (χ3n) is 15.1. The third-order valence-corrected chi connectivity index (χ3v) is 15.1. The first kappa shape index (κ1) is 51.6. The molecule has 3 saturated carbocycles. The van der Waals surface area contributed by atoms with Crippen LogP contribution in [0.15, 0.2) is 65.3 Å². The SMILES string of the molecule is COC(=O)/C(C)=C\CC12OC(C)(C)C3CC(C1=O)C(C[N+](=O)[O-])C1C(=O)c4c(OC(=O)c5ccc(O[C@@H]6O[C@H](CO)[C@@H](O)[C@@H](O)[C@H]6O)cc5)c5c(c(CC=C(C)C)c4OC132)OC(C)(CCC=C(C)C)C=C5. The summed E-state index contributed by atoms with van der Waals surface area (Å²) in [5.74, 6) is -6.81. The second-order valence-electron chi connectivity index (χ2n) is 20.8. The number of hydrogen-bond donors (Lipinski definition) is 4. The van der Waals surface area contributed by atoms with Gasteiger partial charge in [-0.2, -0.15) is 0 Å². The van der Waals surface area contributed by atoms with Crippen LogP contribution in [0.25, 0.3) is 6.08 Å². The van der Waals surface area contributed by atoms with Gasteiger partial charge < -0.3 is 53.6 Å². The van der Waals surface area contributed by atoms with Gasteiger partial charge in [-0.25, -0.2) is 9.59 Å². The molecule has 7 unspecified atom stereocenters. The van der Waals surface area contributed by atoms with E-state index < -0.39 is 118 Å². The fourth-order valence-electron chi connectivity index (χ4n) is 11.7. The van der Waals surface area contributed by atoms with Crippen LogP contribution in [0.5, 0.6) is 23.0 Å². The Bertz CT molecular complexity index is 2640. The van der Waals surface area contributed by atoms with E-state index in [2.05, 4.69) is 6.08 Å². The molecule has 2 saturated heterocycles. The predicted octanol–water partition coefficient (Wildman–Crippen LogP) is 5.60. The van der Waals surface area contributed by atoms with E-state index in [0.29, 0.717) is 18.4 Å². The fraction of sp³-hybridized carbons (Fsp3) is 0.547. The lowest BCUT2D eigenvalue weighted by atomic mass is 9.43. The van der Waals surface area contributed by atoms with Crippen LogP contribution in [0.3, 0.4) is 0 Å². The molecule has 4 heterocycles. The Morgan fingerprint density at radius 1 is 0.930 bits per heavy atom. The second kappa shape index (κ2) is 19.0. The number of carbonyl (C=O) groups excluding carboxylic acids is 4. The molecule has 2 aromatic rings. The van der Waals surface area contributed by atoms with Gasteiger partial charge in [0, 0.05) is 40.2 Å². The van der Waals surface area contributed by atoms with Crippen LogP contribution in [0, 0.1) is 33.8 Å². The molecule has 1 spiro atoms. The molecule has 4 aliphatic heterocycles. The maximum atomic E-state index is 16.2. The Morgan fingerprint density at radius 2 is 1.62 bits per heavy atom. The summed E-state index contributed by atoms with van der Waals surface area (Å²) < 4.78 is 44.0. The number of ketones is 2. The summed E-state index contributed by atoms with van der Waals surface area (Å²) >= 11 is 0. The smallest absolute Gasteiger partial charge is 0.343 e. The quantitative estimate of drug-likeness (QED) is 0.0423. The summed E-state index contributed by atoms with van der Waals surface area (Å²) in [4.78, 5) is 70.8. The molecule has 7 aliphatic rings. The summed E-state index contributed by atoms with van der Waals surface area (Å²) in [5.41, 5.74) is -3.11. The molecule has 382 valence electrons. The maximum Gasteiger partial charge on any atom is 0.343 e. The number of esters is 2. The highest BCUT2D eigenvalue weighted by Crippen LogP contribution is 2.72. The van der Waals surface area contributed by atoms with Crippen molar-refractivity contribution in [1.82, 2.24) is 0 Å². The highest BCUT2D eigenvalue weighted by molar-refractivity contribution is 6.11. The lowest BCUT2D eigenvalue weighted by molar-refractivity contribution is -0.494. The molecule has 0 radical (unpaired) electrons. The Balaban J connectivity index is 1.31. The number of carbonyl (C=O) groups is 4. The first-order valence-electron chi connectivity index (χ1n) is 24.0. The number of ether oxygens (including phenoxy) is 7. The number of aliphatic hydroxyl groups excluding tert-OH is 4. The van der Waals surface area contributed by atoms with Crippen LogP contribution in [0.2, 0.25) is 0 Å². The van der Waals surface area contributed by atoms with Gasteiger partial charge in [-0.05, 0) is 117 Å². The number of fused-ring (bicyclic) bond motifs is 2. The Morgan fingerprint density at radius 3 is 2.25 bits per heavy atom. The first-order valence-corrected chi connectivity index (χ1v) is 24.0. The van der Waals surface area contributed by atoms with Crippen LogP contribution in [0.4, 0.5) is 0 Å². The van der Waals surface area contributed by atoms with E-state index in [1.165, 1.54) is 44.4 Å². The standard InChI is InChI=1S/C53H63NO17/c1-26(2)11-10-20-51(8)21-19-32-43(69-51)31(17-12-27(3)4)45-37(44(32)68-48(62)29-13-15-30(16-14-29)66-49-42(59)41(58)39(56)35(25-55)67-49)40(57)38-34(24-54(63)64)33-23-36-50(6,7)71-52(46(33)60,53(36,38)70-45)22-18-28(5)47(61)65-9/h11-16,18-19,21,33-36,38-39,41-42,49,55-56,58-59H,10,17,20,22-25H2,1-9H3/b28-18-/t33?,34?,35-,36?,38?,39-,41-,42-,49-,51?,52?,53?/m1/s1. The van der Waals surface area contributed by atoms with Crippen molar-refractivity contribution in [2.75, 3.05) is 20.3 Å². The molecule has 4 bridgehead atoms. The average molecular weight is 986 g/mol. The van der Waals surface area contributed by atoms with Crippen molar-refractivity contribution >= 4 is 29.6 Å². The van der Waals surface area contributed by atoms with Gasteiger partial charge in [-0.15, -0.1) is 0 Å². The van der Waals surface area contributed by atoms with Crippen molar-refractivity contribution in [2.24, 2.45) is 23.7 Å². The van der Waals surface area contributed by atoms with E-state index in [1.54, 1.807) is 19.9 Å². The van der Waals surface area contributed by atoms with E-state index in [0.717, 1.165) is 11.1 Å². The van der Waals surface area contributed by atoms with Crippen molar-refractivity contribution < 1.29 is 77.7 Å². The average Bonchev–Trinajstić information content (AvgIpc) is 3.45. The van der Waals surface area contributed by atoms with Gasteiger partial charge >= 0.3 is 11.9 Å². The van der Waals surface area contributed by atoms with Crippen molar-refractivity contribution in [1.29, 1.82) is 0 Å². The van der Waals surface area contributed by atoms with Crippen LogP contribution >= 0.6 is 0 Å². The van der Waals surface area contributed by atoms with Crippen molar-refractivity contribution in [3.8, 4) is 23.0 Å². The third kappa shape index (κ3) is 8.69. The van der Waals surface area contributed by atoms with Gasteiger partial charge in [0.25, 0.3) is 0 Å². The number of methoxy groups -OCH3 is 1. The van der Waals surface area contributed by atoms with E-state index in [-0.39, 0.29) is 64.5 Å². The number of Topliss-reactive ketones (excluding diaryl/α,β-unsaturated/α-hetero) is 2. The minimum absolute atomic E-state index is 0.0205. The summed E-state index contributed by atoms with van der Waals surface area (Å²) in [7, 11) is 1.23. The first-order chi connectivity index (χ1) is 33.4. The van der Waals surface area contributed by atoms with Crippen molar-refractivity contribution in [3.05, 3.63) is 97.7 Å². The van der Waals surface area contributed by atoms with E-state index in [4.69, 9.17) is 33.2 Å². The van der Waals surface area contributed by atoms with Crippen LogP contribution in [0.1, 0.15) is 113 Å². The molecular formula is C53H63NO17. The molecule has 12 atom stereocenters. The number of nitro groups is 1. The van der Waals surface area contributed by atoms with Crippen LogP contribution < -0.4 is 18.9 Å². The number of nitrogens with zero attached hydrogens (tertiary/aromatic N) is 1. The van der Waals surface area contributed by atoms with E-state index in [9.17, 15) is 40.1 Å². The van der Waals surface area contributed by atoms with Crippen molar-refractivity contribution in [3.63, 3.8) is 0 Å². The van der Waals surface area contributed by atoms with Crippen LogP contribution in [-0.4, -0.2) is 122 Å². The monoisotopic (exact) mass is 985 g/mol. The minimum Gasteiger partial charge on any atom is -0.482 e. The van der Waals surface area contributed by atoms with Crippen LogP contribution in [-0.2, 0) is 30.2 Å². The molecular weight excluding hydrogens is 923 g/mol. The molecule has 0 amide bonds. The molecule has 4 N–H and O–H groups in total. The molecule has 3 aliphatic carbocycles. The maximum absolute atomic E-state index is 16.2. The number of allylic oxidation sites excluding steroid dienone is 4. The Hall–Kier alpha value is -5.76. The summed E-state index contributed by atoms with van der Waals surface area (Å²) in [5, 5.41) is 53.3. The summed E-state index contributed by atoms with van der Waals surface area (Å²) in [6, 6.07) is 5.45. The van der Waals surface area contributed by atoms with Gasteiger partial charge in [0.05, 0.1) is 36.4 Å². The van der Waals surface area contributed by atoms with Crippen molar-refractivity contribution in [2.45, 2.75) is 141 Å². The molecule has 2 aromatic carbocycles. The number of hydrogen-bond acceptors (Lipinski definition) is 17. The highest BCUT2D eigenvalue weighted by atomic mass is 16.7. The zero-order valence-electron chi connectivity index (χ0n) is 41.4. The second-order valence-corrected chi connectivity index (χ2v) is 20.8. The zero-order chi connectivity index (χ0) is 51.7. The molecule has 5 fully saturated rings. The predicted molar refractivity (Wildman–Crippen MR) is 254 cm³/mol. The van der Waals surface area contributed by atoms with Gasteiger partial charge in [0.1, 0.15) is 52.8 Å². The van der Waals surface area contributed by atoms with E-state index >= 15 is 9.59 Å². The summed E-state index contributed by atoms with van der Waals surface area (Å²) in [6.07, 6.45) is 2.67. The minimum atomic E-state index is -1.91. The van der Waals surface area contributed by atoms with Gasteiger partial charge in [0.15, 0.2) is 28.5 Å². The fourth-order valence-corrected chi connectivity index (χ4v) is 11.7. The molecule has 0 aromatic heterocycles. The lowest BCUT2D eigenvalue weighted by Crippen LogP contribution is -2.79. The highest BCUT2D eigenvalue weighted by Gasteiger charge is 2.86. The Labute approximate surface area is 411 Å². The van der Waals surface area contributed by atoms with Gasteiger partial charge in [0.2, 0.25) is 12.8 Å². The van der Waals surface area contributed by atoms with E-state index in [1.807, 2.05) is 46.8 Å². The number of aliphatic hydroxyl groups is 4. The molecule has 18 nitrogen and oxygen atoms in total. The largest absolute Gasteiger partial charge is 0.482 e. The van der Waals surface area contributed by atoms with Gasteiger partial charge in [-0.1, -0.05) is 29.4 Å². The normalized spacial score (nSPS) is 32.9. The van der Waals surface area contributed by atoms with Gasteiger partial charge in [-0.3, -0.25) is 19.7 Å².